The predicted molar refractivity (Wildman–Crippen MR) is 165 cm³/mol. The molecule has 0 spiro atoms. The van der Waals surface area contributed by atoms with Crippen LogP contribution in [0.15, 0.2) is 54.6 Å². The highest BCUT2D eigenvalue weighted by Crippen LogP contribution is 2.40. The van der Waals surface area contributed by atoms with Gasteiger partial charge in [-0.2, -0.15) is 0 Å². The molecule has 1 aliphatic heterocycles. The summed E-state index contributed by atoms with van der Waals surface area (Å²) in [5.74, 6) is 1.49. The van der Waals surface area contributed by atoms with Crippen molar-refractivity contribution in [3.63, 3.8) is 0 Å². The van der Waals surface area contributed by atoms with Crippen LogP contribution >= 0.6 is 0 Å². The lowest BCUT2D eigenvalue weighted by atomic mass is 9.99. The number of hydrogen-bond acceptors (Lipinski definition) is 8. The largest absolute Gasteiger partial charge is 0.497 e. The summed E-state index contributed by atoms with van der Waals surface area (Å²) in [5, 5.41) is 3.15. The number of rotatable bonds is 14. The molecule has 1 saturated heterocycles. The summed E-state index contributed by atoms with van der Waals surface area (Å²) < 4.78 is 41.6. The SMILES string of the molecule is CCOc1cc(CN2CCC(NC(=O)c3cc(OC)cc(OCCOC(C)=O)c3)CC2)cc(OCC)c1-c1ccc(F)cc1. The maximum Gasteiger partial charge on any atom is 0.302 e. The van der Waals surface area contributed by atoms with Crippen molar-refractivity contribution < 1.29 is 37.7 Å². The van der Waals surface area contributed by atoms with Gasteiger partial charge in [0.25, 0.3) is 5.91 Å². The number of piperidine rings is 1. The molecule has 1 heterocycles. The number of methoxy groups -OCH3 is 1. The molecule has 236 valence electrons. The highest BCUT2D eigenvalue weighted by molar-refractivity contribution is 5.95. The number of amides is 1. The molecule has 3 aromatic carbocycles. The number of hydrogen-bond donors (Lipinski definition) is 1. The molecule has 0 atom stereocenters. The molecular weight excluding hydrogens is 567 g/mol. The number of ether oxygens (including phenoxy) is 5. The first-order valence-electron chi connectivity index (χ1n) is 15.0. The molecule has 0 aromatic heterocycles. The fourth-order valence-electron chi connectivity index (χ4n) is 5.19. The fraction of sp³-hybridized carbons (Fsp3) is 0.412. The fourth-order valence-corrected chi connectivity index (χ4v) is 5.19. The Bertz CT molecular complexity index is 1380. The molecule has 10 heteroatoms. The molecule has 0 radical (unpaired) electrons. The van der Waals surface area contributed by atoms with Gasteiger partial charge < -0.3 is 29.0 Å². The van der Waals surface area contributed by atoms with Crippen LogP contribution in [0.4, 0.5) is 4.39 Å². The zero-order valence-corrected chi connectivity index (χ0v) is 25.8. The van der Waals surface area contributed by atoms with Gasteiger partial charge in [-0.1, -0.05) is 12.1 Å². The van der Waals surface area contributed by atoms with Gasteiger partial charge in [0.15, 0.2) is 0 Å². The highest BCUT2D eigenvalue weighted by atomic mass is 19.1. The smallest absolute Gasteiger partial charge is 0.302 e. The third kappa shape index (κ3) is 9.09. The minimum absolute atomic E-state index is 0.0251. The Morgan fingerprint density at radius 1 is 0.886 bits per heavy atom. The molecule has 1 fully saturated rings. The number of carbonyl (C=O) groups is 2. The lowest BCUT2D eigenvalue weighted by molar-refractivity contribution is -0.141. The van der Waals surface area contributed by atoms with E-state index in [1.165, 1.54) is 26.2 Å². The zero-order valence-electron chi connectivity index (χ0n) is 25.8. The van der Waals surface area contributed by atoms with Gasteiger partial charge in [-0.3, -0.25) is 14.5 Å². The van der Waals surface area contributed by atoms with Gasteiger partial charge in [0.05, 0.1) is 25.9 Å². The summed E-state index contributed by atoms with van der Waals surface area (Å²) in [5.41, 5.74) is 3.14. The van der Waals surface area contributed by atoms with Crippen molar-refractivity contribution in [1.29, 1.82) is 0 Å². The van der Waals surface area contributed by atoms with Crippen molar-refractivity contribution in [2.45, 2.75) is 46.2 Å². The topological polar surface area (TPSA) is 95.6 Å². The number of nitrogens with one attached hydrogen (secondary N) is 1. The molecule has 1 amide bonds. The third-order valence-corrected chi connectivity index (χ3v) is 7.22. The maximum absolute atomic E-state index is 13.6. The van der Waals surface area contributed by atoms with E-state index in [0.717, 1.165) is 42.6 Å². The normalized spacial score (nSPS) is 13.7. The summed E-state index contributed by atoms with van der Waals surface area (Å²) in [7, 11) is 1.53. The number of carbonyl (C=O) groups excluding carboxylic acids is 2. The predicted octanol–water partition coefficient (Wildman–Crippen LogP) is 5.64. The number of halogens is 1. The van der Waals surface area contributed by atoms with Crippen molar-refractivity contribution in [2.24, 2.45) is 0 Å². The first-order valence-corrected chi connectivity index (χ1v) is 15.0. The van der Waals surface area contributed by atoms with Crippen molar-refractivity contribution in [1.82, 2.24) is 10.2 Å². The molecule has 4 rings (SSSR count). The van der Waals surface area contributed by atoms with E-state index >= 15 is 0 Å². The quantitative estimate of drug-likeness (QED) is 0.186. The second kappa shape index (κ2) is 16.0. The van der Waals surface area contributed by atoms with Gasteiger partial charge in [-0.05, 0) is 74.2 Å². The van der Waals surface area contributed by atoms with E-state index in [1.807, 2.05) is 26.0 Å². The Labute approximate surface area is 258 Å². The number of benzene rings is 3. The summed E-state index contributed by atoms with van der Waals surface area (Å²) in [4.78, 5) is 26.5. The Balaban J connectivity index is 1.38. The summed E-state index contributed by atoms with van der Waals surface area (Å²) in [6.45, 7) is 8.79. The maximum atomic E-state index is 13.6. The van der Waals surface area contributed by atoms with Crippen LogP contribution in [0.25, 0.3) is 11.1 Å². The standard InChI is InChI=1S/C34H41FN2O7/c1-5-41-31-17-24(18-32(42-6-2)33(31)25-7-9-27(35)10-8-25)22-37-13-11-28(12-14-37)36-34(39)26-19-29(40-4)21-30(20-26)44-16-15-43-23(3)38/h7-10,17-21,28H,5-6,11-16,22H2,1-4H3,(H,36,39). The van der Waals surface area contributed by atoms with Gasteiger partial charge in [0, 0.05) is 44.2 Å². The van der Waals surface area contributed by atoms with Crippen LogP contribution in [-0.2, 0) is 16.1 Å². The van der Waals surface area contributed by atoms with Crippen molar-refractivity contribution in [2.75, 3.05) is 46.6 Å². The third-order valence-electron chi connectivity index (χ3n) is 7.22. The van der Waals surface area contributed by atoms with E-state index in [-0.39, 0.29) is 36.9 Å². The lowest BCUT2D eigenvalue weighted by Gasteiger charge is -2.32. The summed E-state index contributed by atoms with van der Waals surface area (Å²) in [6, 6.07) is 15.5. The molecule has 1 aliphatic rings. The van der Waals surface area contributed by atoms with E-state index in [1.54, 1.807) is 30.3 Å². The molecular formula is C34H41FN2O7. The molecule has 9 nitrogen and oxygen atoms in total. The number of nitrogens with zero attached hydrogens (tertiary/aromatic N) is 1. The number of likely N-dealkylation sites (tertiary alicyclic amines) is 1. The van der Waals surface area contributed by atoms with Crippen LogP contribution in [-0.4, -0.2) is 69.4 Å². The van der Waals surface area contributed by atoms with Crippen LogP contribution in [0, 0.1) is 5.82 Å². The second-order valence-corrected chi connectivity index (χ2v) is 10.4. The van der Waals surface area contributed by atoms with Crippen LogP contribution < -0.4 is 24.3 Å². The Morgan fingerprint density at radius 2 is 1.52 bits per heavy atom. The molecule has 0 bridgehead atoms. The Morgan fingerprint density at radius 3 is 2.11 bits per heavy atom. The van der Waals surface area contributed by atoms with Crippen LogP contribution in [0.2, 0.25) is 0 Å². The zero-order chi connectivity index (χ0) is 31.5. The van der Waals surface area contributed by atoms with E-state index in [9.17, 15) is 14.0 Å². The molecule has 3 aromatic rings. The van der Waals surface area contributed by atoms with Crippen molar-refractivity contribution >= 4 is 11.9 Å². The van der Waals surface area contributed by atoms with Crippen LogP contribution in [0.3, 0.4) is 0 Å². The van der Waals surface area contributed by atoms with Crippen molar-refractivity contribution in [3.8, 4) is 34.1 Å². The molecule has 1 N–H and O–H groups in total. The van der Waals surface area contributed by atoms with Gasteiger partial charge >= 0.3 is 5.97 Å². The highest BCUT2D eigenvalue weighted by Gasteiger charge is 2.23. The van der Waals surface area contributed by atoms with E-state index in [4.69, 9.17) is 23.7 Å². The molecule has 44 heavy (non-hydrogen) atoms. The Hall–Kier alpha value is -4.31. The average Bonchev–Trinajstić information content (AvgIpc) is 3.01. The minimum atomic E-state index is -0.379. The minimum Gasteiger partial charge on any atom is -0.497 e. The van der Waals surface area contributed by atoms with Gasteiger partial charge in [-0.25, -0.2) is 4.39 Å². The van der Waals surface area contributed by atoms with Gasteiger partial charge in [0.2, 0.25) is 0 Å². The van der Waals surface area contributed by atoms with Crippen molar-refractivity contribution in [3.05, 3.63) is 71.5 Å². The monoisotopic (exact) mass is 608 g/mol. The van der Waals surface area contributed by atoms with Gasteiger partial charge in [-0.15, -0.1) is 0 Å². The molecule has 0 unspecified atom stereocenters. The Kier molecular flexibility index (Phi) is 11.8. The number of esters is 1. The second-order valence-electron chi connectivity index (χ2n) is 10.4. The average molecular weight is 609 g/mol. The van der Waals surface area contributed by atoms with E-state index in [0.29, 0.717) is 48.3 Å². The van der Waals surface area contributed by atoms with Gasteiger partial charge in [0.1, 0.15) is 42.0 Å². The summed E-state index contributed by atoms with van der Waals surface area (Å²) >= 11 is 0. The first-order chi connectivity index (χ1) is 21.3. The van der Waals surface area contributed by atoms with Crippen LogP contribution in [0.5, 0.6) is 23.0 Å². The van der Waals surface area contributed by atoms with Crippen LogP contribution in [0.1, 0.15) is 49.5 Å². The molecule has 0 aliphatic carbocycles. The lowest BCUT2D eigenvalue weighted by Crippen LogP contribution is -2.44. The van der Waals surface area contributed by atoms with E-state index < -0.39 is 0 Å². The molecule has 0 saturated carbocycles. The first kappa shape index (κ1) is 32.6. The summed E-state index contributed by atoms with van der Waals surface area (Å²) in [6.07, 6.45) is 1.59. The van der Waals surface area contributed by atoms with E-state index in [2.05, 4.69) is 10.2 Å².